The lowest BCUT2D eigenvalue weighted by atomic mass is 10.2. The van der Waals surface area contributed by atoms with Gasteiger partial charge in [0.1, 0.15) is 6.07 Å². The van der Waals surface area contributed by atoms with E-state index in [1.807, 2.05) is 25.2 Å². The van der Waals surface area contributed by atoms with Crippen LogP contribution in [0.3, 0.4) is 0 Å². The first kappa shape index (κ1) is 12.6. The van der Waals surface area contributed by atoms with E-state index in [2.05, 4.69) is 37.4 Å². The Morgan fingerprint density at radius 1 is 1.30 bits per heavy atom. The van der Waals surface area contributed by atoms with Crippen molar-refractivity contribution in [1.29, 1.82) is 5.26 Å². The van der Waals surface area contributed by atoms with E-state index in [-0.39, 0.29) is 0 Å². The number of pyridine rings is 1. The molecule has 6 heteroatoms. The van der Waals surface area contributed by atoms with Crippen LogP contribution >= 0.6 is 15.9 Å². The zero-order chi connectivity index (χ0) is 14.1. The van der Waals surface area contributed by atoms with Gasteiger partial charge >= 0.3 is 0 Å². The molecule has 0 saturated heterocycles. The summed E-state index contributed by atoms with van der Waals surface area (Å²) < 4.78 is 2.68. The number of anilines is 1. The van der Waals surface area contributed by atoms with E-state index >= 15 is 0 Å². The lowest BCUT2D eigenvalue weighted by Gasteiger charge is -2.06. The fourth-order valence-electron chi connectivity index (χ4n) is 2.02. The molecule has 5 nitrogen and oxygen atoms in total. The molecule has 0 spiro atoms. The van der Waals surface area contributed by atoms with Gasteiger partial charge in [-0.2, -0.15) is 10.4 Å². The van der Waals surface area contributed by atoms with E-state index in [0.29, 0.717) is 5.56 Å². The van der Waals surface area contributed by atoms with Gasteiger partial charge in [0.15, 0.2) is 0 Å². The van der Waals surface area contributed by atoms with Gasteiger partial charge in [-0.1, -0.05) is 0 Å². The van der Waals surface area contributed by atoms with Crippen molar-refractivity contribution in [2.45, 2.75) is 0 Å². The molecule has 3 aromatic heterocycles. The van der Waals surface area contributed by atoms with Crippen molar-refractivity contribution in [3.63, 3.8) is 0 Å². The van der Waals surface area contributed by atoms with E-state index in [0.717, 1.165) is 27.1 Å². The molecule has 20 heavy (non-hydrogen) atoms. The number of aromatic nitrogens is 3. The van der Waals surface area contributed by atoms with Crippen LogP contribution in [-0.2, 0) is 0 Å². The van der Waals surface area contributed by atoms with Crippen LogP contribution in [0.2, 0.25) is 0 Å². The standard InChI is InChI=1S/C14H10BrN5/c1-17-12-5-13(18-8-11(12)15)14-3-2-10-4-9(6-16)7-19-20(10)14/h2-5,7-8H,1H3,(H,17,18). The van der Waals surface area contributed by atoms with E-state index in [1.165, 1.54) is 0 Å². The van der Waals surface area contributed by atoms with Crippen molar-refractivity contribution < 1.29 is 0 Å². The summed E-state index contributed by atoms with van der Waals surface area (Å²) in [5.74, 6) is 0. The lowest BCUT2D eigenvalue weighted by molar-refractivity contribution is 0.939. The Bertz CT molecular complexity index is 831. The highest BCUT2D eigenvalue weighted by Crippen LogP contribution is 2.27. The number of nitrogens with one attached hydrogen (secondary N) is 1. The van der Waals surface area contributed by atoms with Gasteiger partial charge in [0.2, 0.25) is 0 Å². The predicted molar refractivity (Wildman–Crippen MR) is 80.4 cm³/mol. The fourth-order valence-corrected chi connectivity index (χ4v) is 2.44. The number of halogens is 1. The summed E-state index contributed by atoms with van der Waals surface area (Å²) in [6.07, 6.45) is 3.30. The summed E-state index contributed by atoms with van der Waals surface area (Å²) in [7, 11) is 1.86. The molecule has 0 radical (unpaired) electrons. The Morgan fingerprint density at radius 2 is 2.15 bits per heavy atom. The molecule has 0 amide bonds. The topological polar surface area (TPSA) is 66.0 Å². The smallest absolute Gasteiger partial charge is 0.101 e. The highest BCUT2D eigenvalue weighted by Gasteiger charge is 2.09. The lowest BCUT2D eigenvalue weighted by Crippen LogP contribution is -1.97. The first-order chi connectivity index (χ1) is 9.72. The van der Waals surface area contributed by atoms with Gasteiger partial charge in [0.25, 0.3) is 0 Å². The van der Waals surface area contributed by atoms with Crippen LogP contribution in [0.15, 0.2) is 41.1 Å². The summed E-state index contributed by atoms with van der Waals surface area (Å²) in [6.45, 7) is 0. The van der Waals surface area contributed by atoms with Gasteiger partial charge in [-0.25, -0.2) is 4.52 Å². The highest BCUT2D eigenvalue weighted by atomic mass is 79.9. The second-order valence-corrected chi connectivity index (χ2v) is 5.07. The summed E-state index contributed by atoms with van der Waals surface area (Å²) in [5.41, 5.74) is 4.07. The number of nitriles is 1. The van der Waals surface area contributed by atoms with Crippen LogP contribution in [0.5, 0.6) is 0 Å². The second-order valence-electron chi connectivity index (χ2n) is 4.21. The molecule has 1 N–H and O–H groups in total. The monoisotopic (exact) mass is 327 g/mol. The molecule has 98 valence electrons. The Labute approximate surface area is 124 Å². The first-order valence-electron chi connectivity index (χ1n) is 5.94. The maximum atomic E-state index is 8.89. The van der Waals surface area contributed by atoms with Crippen LogP contribution in [0, 0.1) is 11.3 Å². The molecule has 0 aliphatic carbocycles. The van der Waals surface area contributed by atoms with E-state index < -0.39 is 0 Å². The third-order valence-corrected chi connectivity index (χ3v) is 3.65. The van der Waals surface area contributed by atoms with Crippen molar-refractivity contribution in [3.05, 3.63) is 46.7 Å². The normalized spacial score (nSPS) is 10.4. The summed E-state index contributed by atoms with van der Waals surface area (Å²) in [4.78, 5) is 4.41. The number of rotatable bonds is 2. The predicted octanol–water partition coefficient (Wildman–Crippen LogP) is 3.07. The SMILES string of the molecule is CNc1cc(-c2ccc3cc(C#N)cnn23)ncc1Br. The maximum Gasteiger partial charge on any atom is 0.101 e. The van der Waals surface area contributed by atoms with Crippen LogP contribution in [0.1, 0.15) is 5.56 Å². The molecule has 0 aliphatic rings. The zero-order valence-corrected chi connectivity index (χ0v) is 12.2. The van der Waals surface area contributed by atoms with Gasteiger partial charge in [-0.05, 0) is 40.2 Å². The molecular weight excluding hydrogens is 318 g/mol. The minimum Gasteiger partial charge on any atom is -0.387 e. The molecule has 0 aliphatic heterocycles. The van der Waals surface area contributed by atoms with Gasteiger partial charge in [-0.15, -0.1) is 0 Å². The Morgan fingerprint density at radius 3 is 2.90 bits per heavy atom. The Kier molecular flexibility index (Phi) is 3.12. The van der Waals surface area contributed by atoms with Crippen molar-refractivity contribution in [1.82, 2.24) is 14.6 Å². The van der Waals surface area contributed by atoms with Crippen LogP contribution < -0.4 is 5.32 Å². The molecule has 0 aromatic carbocycles. The van der Waals surface area contributed by atoms with Crippen molar-refractivity contribution in [2.24, 2.45) is 0 Å². The number of nitrogens with zero attached hydrogens (tertiary/aromatic N) is 4. The molecule has 0 unspecified atom stereocenters. The van der Waals surface area contributed by atoms with Crippen molar-refractivity contribution >= 4 is 27.1 Å². The molecule has 3 aromatic rings. The third-order valence-electron chi connectivity index (χ3n) is 3.02. The average Bonchev–Trinajstić information content (AvgIpc) is 2.90. The van der Waals surface area contributed by atoms with E-state index in [9.17, 15) is 0 Å². The van der Waals surface area contributed by atoms with E-state index in [1.54, 1.807) is 23.0 Å². The minimum atomic E-state index is 0.543. The highest BCUT2D eigenvalue weighted by molar-refractivity contribution is 9.10. The quantitative estimate of drug-likeness (QED) is 0.785. The molecule has 0 bridgehead atoms. The third kappa shape index (κ3) is 2.02. The average molecular weight is 328 g/mol. The van der Waals surface area contributed by atoms with Crippen LogP contribution in [0.25, 0.3) is 16.9 Å². The Balaban J connectivity index is 2.18. The van der Waals surface area contributed by atoms with E-state index in [4.69, 9.17) is 5.26 Å². The molecular formula is C14H10BrN5. The number of fused-ring (bicyclic) bond motifs is 1. The summed E-state index contributed by atoms with van der Waals surface area (Å²) in [5, 5.41) is 16.3. The van der Waals surface area contributed by atoms with Gasteiger partial charge in [0, 0.05) is 13.2 Å². The Hall–Kier alpha value is -2.39. The fraction of sp³-hybridized carbons (Fsp3) is 0.0714. The molecule has 3 heterocycles. The zero-order valence-electron chi connectivity index (χ0n) is 10.6. The van der Waals surface area contributed by atoms with Gasteiger partial charge in [-0.3, -0.25) is 4.98 Å². The largest absolute Gasteiger partial charge is 0.387 e. The molecule has 0 saturated carbocycles. The van der Waals surface area contributed by atoms with Crippen LogP contribution in [-0.4, -0.2) is 21.6 Å². The molecule has 0 fully saturated rings. The van der Waals surface area contributed by atoms with Crippen molar-refractivity contribution in [3.8, 4) is 17.5 Å². The van der Waals surface area contributed by atoms with Gasteiger partial charge in [0.05, 0.1) is 38.8 Å². The second kappa shape index (κ2) is 4.94. The van der Waals surface area contributed by atoms with Gasteiger partial charge < -0.3 is 5.32 Å². The maximum absolute atomic E-state index is 8.89. The molecule has 0 atom stereocenters. The summed E-state index contributed by atoms with van der Waals surface area (Å²) in [6, 6.07) is 9.70. The first-order valence-corrected chi connectivity index (χ1v) is 6.74. The summed E-state index contributed by atoms with van der Waals surface area (Å²) >= 11 is 3.44. The van der Waals surface area contributed by atoms with Crippen LogP contribution in [0.4, 0.5) is 5.69 Å². The molecule has 3 rings (SSSR count). The minimum absolute atomic E-state index is 0.543. The number of hydrogen-bond donors (Lipinski definition) is 1. The number of hydrogen-bond acceptors (Lipinski definition) is 4. The van der Waals surface area contributed by atoms with Crippen molar-refractivity contribution in [2.75, 3.05) is 12.4 Å².